The van der Waals surface area contributed by atoms with E-state index in [4.69, 9.17) is 21.1 Å². The fourth-order valence-corrected chi connectivity index (χ4v) is 3.83. The topological polar surface area (TPSA) is 89.6 Å². The molecule has 0 atom stereocenters. The number of nitrogens with one attached hydrogen (secondary N) is 2. The predicted molar refractivity (Wildman–Crippen MR) is 120 cm³/mol. The van der Waals surface area contributed by atoms with Crippen LogP contribution in [0, 0.1) is 6.92 Å². The number of anilines is 2. The maximum absolute atomic E-state index is 12.7. The monoisotopic (exact) mass is 455 g/mol. The van der Waals surface area contributed by atoms with Crippen LogP contribution in [0.1, 0.15) is 15.9 Å². The molecule has 1 aromatic heterocycles. The molecule has 0 bridgehead atoms. The van der Waals surface area contributed by atoms with E-state index in [9.17, 15) is 9.59 Å². The molecule has 0 spiro atoms. The molecule has 1 aliphatic rings. The number of halogens is 1. The molecule has 9 heteroatoms. The van der Waals surface area contributed by atoms with E-state index in [1.54, 1.807) is 48.7 Å². The van der Waals surface area contributed by atoms with Gasteiger partial charge < -0.3 is 20.1 Å². The van der Waals surface area contributed by atoms with E-state index in [0.717, 1.165) is 5.56 Å². The third-order valence-corrected chi connectivity index (χ3v) is 5.85. The van der Waals surface area contributed by atoms with Gasteiger partial charge in [-0.2, -0.15) is 0 Å². The first kappa shape index (κ1) is 21.0. The Bertz CT molecular complexity index is 1160. The molecular weight excluding hydrogens is 438 g/mol. The second kappa shape index (κ2) is 9.28. The van der Waals surface area contributed by atoms with Crippen LogP contribution in [0.3, 0.4) is 0 Å². The van der Waals surface area contributed by atoms with E-state index >= 15 is 0 Å². The van der Waals surface area contributed by atoms with Crippen molar-refractivity contribution in [1.82, 2.24) is 4.98 Å². The minimum Gasteiger partial charge on any atom is -0.454 e. The fourth-order valence-electron chi connectivity index (χ4n) is 2.85. The van der Waals surface area contributed by atoms with Gasteiger partial charge in [-0.15, -0.1) is 0 Å². The summed E-state index contributed by atoms with van der Waals surface area (Å²) in [5.74, 6) is 0.761. The first-order valence-corrected chi connectivity index (χ1v) is 10.7. The molecule has 2 amide bonds. The first-order valence-electron chi connectivity index (χ1n) is 9.34. The maximum atomic E-state index is 12.7. The third-order valence-electron chi connectivity index (χ3n) is 4.44. The smallest absolute Gasteiger partial charge is 0.258 e. The zero-order chi connectivity index (χ0) is 21.8. The average Bonchev–Trinajstić information content (AvgIpc) is 3.23. The molecule has 0 saturated heterocycles. The van der Waals surface area contributed by atoms with E-state index in [0.29, 0.717) is 38.5 Å². The van der Waals surface area contributed by atoms with Gasteiger partial charge in [-0.3, -0.25) is 9.59 Å². The van der Waals surface area contributed by atoms with Gasteiger partial charge in [-0.05, 0) is 48.9 Å². The normalized spacial score (nSPS) is 11.8. The van der Waals surface area contributed by atoms with Crippen LogP contribution in [0.15, 0.2) is 59.8 Å². The quantitative estimate of drug-likeness (QED) is 0.521. The Balaban J connectivity index is 1.39. The molecular formula is C22H18ClN3O4S. The molecule has 2 N–H and O–H groups in total. The van der Waals surface area contributed by atoms with E-state index in [2.05, 4.69) is 15.6 Å². The SMILES string of the molecule is Cc1ccc(NC(=O)c2cccnc2SCC(=O)Nc2ccc3c(c2)OCO3)cc1Cl. The molecule has 1 aliphatic heterocycles. The Kier molecular flexibility index (Phi) is 6.29. The number of benzene rings is 2. The fraction of sp³-hybridized carbons (Fsp3) is 0.136. The second-order valence-electron chi connectivity index (χ2n) is 6.68. The molecule has 7 nitrogen and oxygen atoms in total. The van der Waals surface area contributed by atoms with E-state index in [1.807, 2.05) is 13.0 Å². The number of carbonyl (C=O) groups excluding carboxylic acids is 2. The van der Waals surface area contributed by atoms with E-state index in [-0.39, 0.29) is 24.4 Å². The summed E-state index contributed by atoms with van der Waals surface area (Å²) < 4.78 is 10.6. The molecule has 4 rings (SSSR count). The number of hydrogen-bond acceptors (Lipinski definition) is 6. The van der Waals surface area contributed by atoms with Crippen molar-refractivity contribution in [1.29, 1.82) is 0 Å². The zero-order valence-corrected chi connectivity index (χ0v) is 18.0. The number of fused-ring (bicyclic) bond motifs is 1. The van der Waals surface area contributed by atoms with E-state index < -0.39 is 0 Å². The lowest BCUT2D eigenvalue weighted by atomic mass is 10.2. The average molecular weight is 456 g/mol. The van der Waals surface area contributed by atoms with Crippen molar-refractivity contribution < 1.29 is 19.1 Å². The lowest BCUT2D eigenvalue weighted by molar-refractivity contribution is -0.113. The highest BCUT2D eigenvalue weighted by atomic mass is 35.5. The number of rotatable bonds is 6. The van der Waals surface area contributed by atoms with Crippen LogP contribution in [0.2, 0.25) is 5.02 Å². The molecule has 2 heterocycles. The molecule has 0 fully saturated rings. The summed E-state index contributed by atoms with van der Waals surface area (Å²) >= 11 is 7.31. The van der Waals surface area contributed by atoms with Gasteiger partial charge in [0.2, 0.25) is 12.7 Å². The Hall–Kier alpha value is -3.23. The summed E-state index contributed by atoms with van der Waals surface area (Å²) in [6.07, 6.45) is 1.58. The number of amides is 2. The minimum atomic E-state index is -0.327. The van der Waals surface area contributed by atoms with Crippen LogP contribution in [-0.2, 0) is 4.79 Å². The van der Waals surface area contributed by atoms with Crippen LogP contribution in [-0.4, -0.2) is 29.3 Å². The van der Waals surface area contributed by atoms with Gasteiger partial charge >= 0.3 is 0 Å². The third kappa shape index (κ3) is 5.10. The van der Waals surface area contributed by atoms with Gasteiger partial charge in [0.1, 0.15) is 5.03 Å². The Morgan fingerprint density at radius 1 is 1.06 bits per heavy atom. The van der Waals surface area contributed by atoms with Crippen molar-refractivity contribution in [2.24, 2.45) is 0 Å². The molecule has 3 aromatic rings. The van der Waals surface area contributed by atoms with Crippen molar-refractivity contribution in [3.63, 3.8) is 0 Å². The predicted octanol–water partition coefficient (Wildman–Crippen LogP) is 4.76. The molecule has 2 aromatic carbocycles. The summed E-state index contributed by atoms with van der Waals surface area (Å²) in [6, 6.07) is 13.8. The molecule has 158 valence electrons. The van der Waals surface area contributed by atoms with Gasteiger partial charge in [0.05, 0.1) is 11.3 Å². The Morgan fingerprint density at radius 2 is 1.84 bits per heavy atom. The van der Waals surface area contributed by atoms with Crippen LogP contribution in [0.5, 0.6) is 11.5 Å². The van der Waals surface area contributed by atoms with Crippen LogP contribution in [0.4, 0.5) is 11.4 Å². The highest BCUT2D eigenvalue weighted by molar-refractivity contribution is 8.00. The summed E-state index contributed by atoms with van der Waals surface area (Å²) in [5, 5.41) is 6.64. The number of ether oxygens (including phenoxy) is 2. The van der Waals surface area contributed by atoms with Gasteiger partial charge in [0, 0.05) is 28.7 Å². The number of hydrogen-bond donors (Lipinski definition) is 2. The summed E-state index contributed by atoms with van der Waals surface area (Å²) in [7, 11) is 0. The number of thioether (sulfide) groups is 1. The van der Waals surface area contributed by atoms with Crippen molar-refractivity contribution in [2.45, 2.75) is 11.9 Å². The number of aromatic nitrogens is 1. The summed E-state index contributed by atoms with van der Waals surface area (Å²) in [5.41, 5.74) is 2.48. The lowest BCUT2D eigenvalue weighted by Gasteiger charge is -2.10. The Morgan fingerprint density at radius 3 is 2.68 bits per heavy atom. The molecule has 0 radical (unpaired) electrons. The number of pyridine rings is 1. The van der Waals surface area contributed by atoms with Crippen molar-refractivity contribution in [3.05, 3.63) is 70.9 Å². The molecule has 0 saturated carbocycles. The largest absolute Gasteiger partial charge is 0.454 e. The van der Waals surface area contributed by atoms with Crippen LogP contribution < -0.4 is 20.1 Å². The first-order chi connectivity index (χ1) is 15.0. The summed E-state index contributed by atoms with van der Waals surface area (Å²) in [4.78, 5) is 29.4. The van der Waals surface area contributed by atoms with Gasteiger partial charge in [0.15, 0.2) is 11.5 Å². The lowest BCUT2D eigenvalue weighted by Crippen LogP contribution is -2.16. The van der Waals surface area contributed by atoms with Crippen LogP contribution >= 0.6 is 23.4 Å². The number of nitrogens with zero attached hydrogens (tertiary/aromatic N) is 1. The molecule has 31 heavy (non-hydrogen) atoms. The standard InChI is InChI=1S/C22H18ClN3O4S/c1-13-4-5-14(9-17(13)23)26-21(28)16-3-2-8-24-22(16)31-11-20(27)25-15-6-7-18-19(10-15)30-12-29-18/h2-10H,11-12H2,1H3,(H,25,27)(H,26,28). The van der Waals surface area contributed by atoms with Gasteiger partial charge in [-0.25, -0.2) is 4.98 Å². The minimum absolute atomic E-state index is 0.0854. The van der Waals surface area contributed by atoms with Crippen LogP contribution in [0.25, 0.3) is 0 Å². The van der Waals surface area contributed by atoms with E-state index in [1.165, 1.54) is 11.8 Å². The summed E-state index contributed by atoms with van der Waals surface area (Å²) in [6.45, 7) is 2.06. The number of carbonyl (C=O) groups is 2. The zero-order valence-electron chi connectivity index (χ0n) is 16.5. The maximum Gasteiger partial charge on any atom is 0.258 e. The number of aryl methyl sites for hydroxylation is 1. The second-order valence-corrected chi connectivity index (χ2v) is 8.05. The molecule has 0 unspecified atom stereocenters. The molecule has 0 aliphatic carbocycles. The highest BCUT2D eigenvalue weighted by Gasteiger charge is 2.17. The van der Waals surface area contributed by atoms with Crippen molar-refractivity contribution in [3.8, 4) is 11.5 Å². The Labute approximate surface area is 188 Å². The highest BCUT2D eigenvalue weighted by Crippen LogP contribution is 2.34. The van der Waals surface area contributed by atoms with Crippen molar-refractivity contribution in [2.75, 3.05) is 23.2 Å². The van der Waals surface area contributed by atoms with Gasteiger partial charge in [0.25, 0.3) is 5.91 Å². The van der Waals surface area contributed by atoms with Gasteiger partial charge in [-0.1, -0.05) is 29.4 Å². The van der Waals surface area contributed by atoms with Crippen molar-refractivity contribution >= 4 is 46.6 Å².